The van der Waals surface area contributed by atoms with Crippen LogP contribution < -0.4 is 4.90 Å². The summed E-state index contributed by atoms with van der Waals surface area (Å²) in [5.41, 5.74) is 7.16. The number of thiophene rings is 1. The fourth-order valence-corrected chi connectivity index (χ4v) is 8.81. The highest BCUT2D eigenvalue weighted by Crippen LogP contribution is 2.46. The first-order chi connectivity index (χ1) is 23.3. The summed E-state index contributed by atoms with van der Waals surface area (Å²) in [7, 11) is 0. The predicted molar refractivity (Wildman–Crippen MR) is 203 cm³/mol. The van der Waals surface area contributed by atoms with E-state index in [4.69, 9.17) is 0 Å². The molecule has 0 aliphatic rings. The summed E-state index contributed by atoms with van der Waals surface area (Å²) in [5, 5.41) is 10.3. The zero-order chi connectivity index (χ0) is 30.9. The summed E-state index contributed by atoms with van der Waals surface area (Å²) in [6.45, 7) is 0. The summed E-state index contributed by atoms with van der Waals surface area (Å²) < 4.78 is 5.10. The van der Waals surface area contributed by atoms with Crippen LogP contribution >= 0.6 is 11.3 Å². The Kier molecular flexibility index (Phi) is 5.78. The molecule has 10 rings (SSSR count). The molecule has 3 heteroatoms. The minimum Gasteiger partial charge on any atom is -0.310 e. The Morgan fingerprint density at radius 2 is 0.979 bits per heavy atom. The van der Waals surface area contributed by atoms with E-state index in [-0.39, 0.29) is 0 Å². The fraction of sp³-hybridized carbons (Fsp3) is 0. The van der Waals surface area contributed by atoms with E-state index in [9.17, 15) is 0 Å². The third-order valence-corrected chi connectivity index (χ3v) is 10.7. The van der Waals surface area contributed by atoms with Gasteiger partial charge in [-0.2, -0.15) is 0 Å². The SMILES string of the molecule is c1ccc(N(c2ccccc2)c2ccc3c(c2)sc2c(-n4c5ccccc5c5c6ccccc6c6ccccc6c54)cccc23)cc1. The van der Waals surface area contributed by atoms with Crippen molar-refractivity contribution in [3.05, 3.63) is 170 Å². The average Bonchev–Trinajstić information content (AvgIpc) is 3.69. The van der Waals surface area contributed by atoms with Gasteiger partial charge in [0.25, 0.3) is 0 Å². The quantitative estimate of drug-likeness (QED) is 0.179. The van der Waals surface area contributed by atoms with Crippen molar-refractivity contribution in [3.63, 3.8) is 0 Å². The molecule has 2 nitrogen and oxygen atoms in total. The van der Waals surface area contributed by atoms with Crippen molar-refractivity contribution >= 4 is 91.9 Å². The number of anilines is 3. The largest absolute Gasteiger partial charge is 0.310 e. The van der Waals surface area contributed by atoms with E-state index in [1.807, 2.05) is 11.3 Å². The molecule has 8 aromatic carbocycles. The van der Waals surface area contributed by atoms with Gasteiger partial charge < -0.3 is 9.47 Å². The molecule has 0 fully saturated rings. The fourth-order valence-electron chi connectivity index (χ4n) is 7.57. The molecule has 0 saturated heterocycles. The van der Waals surface area contributed by atoms with E-state index in [1.54, 1.807) is 0 Å². The molecule has 0 saturated carbocycles. The van der Waals surface area contributed by atoms with Gasteiger partial charge in [0.1, 0.15) is 0 Å². The number of benzene rings is 8. The first-order valence-corrected chi connectivity index (χ1v) is 16.9. The first-order valence-electron chi connectivity index (χ1n) is 16.0. The average molecular weight is 617 g/mol. The van der Waals surface area contributed by atoms with Crippen molar-refractivity contribution in [1.82, 2.24) is 4.57 Å². The molecule has 0 radical (unpaired) electrons. The van der Waals surface area contributed by atoms with E-state index in [2.05, 4.69) is 179 Å². The summed E-state index contributed by atoms with van der Waals surface area (Å²) >= 11 is 1.89. The van der Waals surface area contributed by atoms with Crippen LogP contribution in [-0.4, -0.2) is 4.57 Å². The second-order valence-electron chi connectivity index (χ2n) is 12.1. The lowest BCUT2D eigenvalue weighted by Crippen LogP contribution is -2.09. The number of rotatable bonds is 4. The Labute approximate surface area is 276 Å². The van der Waals surface area contributed by atoms with Crippen molar-refractivity contribution in [2.45, 2.75) is 0 Å². The normalized spacial score (nSPS) is 11.8. The van der Waals surface area contributed by atoms with Crippen LogP contribution in [0.3, 0.4) is 0 Å². The van der Waals surface area contributed by atoms with Gasteiger partial charge in [0.05, 0.1) is 21.4 Å². The number of nitrogens with zero attached hydrogens (tertiary/aromatic N) is 2. The van der Waals surface area contributed by atoms with Gasteiger partial charge in [0.2, 0.25) is 0 Å². The van der Waals surface area contributed by atoms with Crippen LogP contribution in [0.5, 0.6) is 0 Å². The van der Waals surface area contributed by atoms with E-state index in [0.29, 0.717) is 0 Å². The highest BCUT2D eigenvalue weighted by atomic mass is 32.1. The van der Waals surface area contributed by atoms with Gasteiger partial charge in [-0.3, -0.25) is 0 Å². The lowest BCUT2D eigenvalue weighted by atomic mass is 9.97. The first kappa shape index (κ1) is 26.3. The van der Waals surface area contributed by atoms with Crippen LogP contribution in [0.25, 0.3) is 69.2 Å². The van der Waals surface area contributed by atoms with E-state index in [1.165, 1.54) is 69.2 Å². The lowest BCUT2D eigenvalue weighted by molar-refractivity contribution is 1.21. The molecule has 2 aromatic heterocycles. The zero-order valence-electron chi connectivity index (χ0n) is 25.5. The summed E-state index contributed by atoms with van der Waals surface area (Å²) in [6.07, 6.45) is 0. The molecule has 0 aliphatic carbocycles. The maximum absolute atomic E-state index is 2.53. The Balaban J connectivity index is 1.27. The monoisotopic (exact) mass is 616 g/mol. The Hall–Kier alpha value is -5.90. The smallest absolute Gasteiger partial charge is 0.0641 e. The van der Waals surface area contributed by atoms with E-state index >= 15 is 0 Å². The number of para-hydroxylation sites is 3. The van der Waals surface area contributed by atoms with E-state index in [0.717, 1.165) is 17.1 Å². The summed E-state index contributed by atoms with van der Waals surface area (Å²) in [6, 6.07) is 61.7. The second-order valence-corrected chi connectivity index (χ2v) is 13.2. The van der Waals surface area contributed by atoms with Gasteiger partial charge in [0.15, 0.2) is 0 Å². The predicted octanol–water partition coefficient (Wildman–Crippen LogP) is 12.9. The highest BCUT2D eigenvalue weighted by Gasteiger charge is 2.21. The molecule has 2 heterocycles. The van der Waals surface area contributed by atoms with Gasteiger partial charge in [-0.25, -0.2) is 0 Å². The molecular formula is C44H28N2S. The van der Waals surface area contributed by atoms with Crippen molar-refractivity contribution in [2.75, 3.05) is 4.90 Å². The number of fused-ring (bicyclic) bond motifs is 11. The molecule has 0 N–H and O–H groups in total. The van der Waals surface area contributed by atoms with Gasteiger partial charge in [0, 0.05) is 48.7 Å². The molecule has 0 bridgehead atoms. The van der Waals surface area contributed by atoms with E-state index < -0.39 is 0 Å². The van der Waals surface area contributed by atoms with Crippen LogP contribution in [0.4, 0.5) is 17.1 Å². The highest BCUT2D eigenvalue weighted by molar-refractivity contribution is 7.26. The molecule has 0 amide bonds. The molecule has 0 aliphatic heterocycles. The minimum absolute atomic E-state index is 1.14. The second kappa shape index (κ2) is 10.3. The maximum atomic E-state index is 2.53. The van der Waals surface area contributed by atoms with Crippen molar-refractivity contribution in [2.24, 2.45) is 0 Å². The van der Waals surface area contributed by atoms with Crippen LogP contribution in [0.2, 0.25) is 0 Å². The molecule has 0 spiro atoms. The van der Waals surface area contributed by atoms with Crippen LogP contribution in [-0.2, 0) is 0 Å². The van der Waals surface area contributed by atoms with Crippen molar-refractivity contribution < 1.29 is 0 Å². The van der Waals surface area contributed by atoms with Gasteiger partial charge in [-0.1, -0.05) is 121 Å². The Bertz CT molecular complexity index is 2750. The number of hydrogen-bond acceptors (Lipinski definition) is 2. The van der Waals surface area contributed by atoms with Crippen molar-refractivity contribution in [3.8, 4) is 5.69 Å². The van der Waals surface area contributed by atoms with Gasteiger partial charge in [-0.15, -0.1) is 11.3 Å². The standard InChI is InChI=1S/C44H28N2S/c1-3-14-29(15-4-1)45(30-16-5-2-6-17-30)31-26-27-34-37-23-13-25-40(44(37)47-41(34)28-31)46-39-24-12-11-22-38(39)42-35-20-9-7-18-32(35)33-19-8-10-21-36(33)43(42)46/h1-28H. The molecular weight excluding hydrogens is 589 g/mol. The minimum atomic E-state index is 1.14. The Morgan fingerprint density at radius 1 is 0.404 bits per heavy atom. The lowest BCUT2D eigenvalue weighted by Gasteiger charge is -2.25. The Morgan fingerprint density at radius 3 is 1.70 bits per heavy atom. The van der Waals surface area contributed by atoms with Crippen LogP contribution in [0, 0.1) is 0 Å². The third-order valence-electron chi connectivity index (χ3n) is 9.53. The van der Waals surface area contributed by atoms with Crippen LogP contribution in [0.1, 0.15) is 0 Å². The third kappa shape index (κ3) is 3.90. The van der Waals surface area contributed by atoms with Crippen molar-refractivity contribution in [1.29, 1.82) is 0 Å². The number of aromatic nitrogens is 1. The van der Waals surface area contributed by atoms with Gasteiger partial charge >= 0.3 is 0 Å². The van der Waals surface area contributed by atoms with Crippen LogP contribution in [0.15, 0.2) is 170 Å². The molecule has 0 unspecified atom stereocenters. The zero-order valence-corrected chi connectivity index (χ0v) is 26.3. The molecule has 10 aromatic rings. The maximum Gasteiger partial charge on any atom is 0.0641 e. The molecule has 0 atom stereocenters. The summed E-state index contributed by atoms with van der Waals surface area (Å²) in [5.74, 6) is 0. The summed E-state index contributed by atoms with van der Waals surface area (Å²) in [4.78, 5) is 2.34. The topological polar surface area (TPSA) is 8.17 Å². The molecule has 47 heavy (non-hydrogen) atoms. The number of hydrogen-bond donors (Lipinski definition) is 0. The van der Waals surface area contributed by atoms with Gasteiger partial charge in [-0.05, 0) is 64.7 Å². The molecule has 220 valence electrons.